The van der Waals surface area contributed by atoms with E-state index < -0.39 is 11.9 Å². The average Bonchev–Trinajstić information content (AvgIpc) is 2.31. The summed E-state index contributed by atoms with van der Waals surface area (Å²) in [7, 11) is 0. The third kappa shape index (κ3) is 3.90. The van der Waals surface area contributed by atoms with E-state index in [2.05, 4.69) is 6.58 Å². The third-order valence-electron chi connectivity index (χ3n) is 2.98. The van der Waals surface area contributed by atoms with Gasteiger partial charge in [-0.2, -0.15) is 0 Å². The second kappa shape index (κ2) is 6.45. The maximum atomic E-state index is 11.3. The Hall–Kier alpha value is -1.28. The molecule has 3 heteroatoms. The molecule has 1 rings (SSSR count). The molecule has 1 N–H and O–H groups in total. The van der Waals surface area contributed by atoms with E-state index in [4.69, 9.17) is 11.6 Å². The Morgan fingerprint density at radius 3 is 2.47 bits per heavy atom. The molecule has 2 unspecified atom stereocenters. The van der Waals surface area contributed by atoms with Gasteiger partial charge in [-0.3, -0.25) is 4.79 Å². The topological polar surface area (TPSA) is 37.3 Å². The zero-order chi connectivity index (χ0) is 12.8. The Morgan fingerprint density at radius 1 is 1.47 bits per heavy atom. The highest BCUT2D eigenvalue weighted by Gasteiger charge is 2.24. The van der Waals surface area contributed by atoms with Crippen molar-refractivity contribution in [1.29, 1.82) is 0 Å². The fourth-order valence-electron chi connectivity index (χ4n) is 1.91. The van der Waals surface area contributed by atoms with Crippen molar-refractivity contribution in [2.45, 2.75) is 19.8 Å². The van der Waals surface area contributed by atoms with Gasteiger partial charge in [0, 0.05) is 5.02 Å². The first-order chi connectivity index (χ1) is 8.08. The molecule has 2 nitrogen and oxygen atoms in total. The Labute approximate surface area is 107 Å². The summed E-state index contributed by atoms with van der Waals surface area (Å²) >= 11 is 5.80. The number of hydrogen-bond donors (Lipinski definition) is 1. The van der Waals surface area contributed by atoms with Gasteiger partial charge in [0.2, 0.25) is 0 Å². The molecule has 0 aliphatic carbocycles. The number of aliphatic carboxylic acids is 1. The summed E-state index contributed by atoms with van der Waals surface area (Å²) in [4.78, 5) is 11.3. The average molecular weight is 253 g/mol. The molecule has 0 aliphatic heterocycles. The predicted octanol–water partition coefficient (Wildman–Crippen LogP) is 3.80. The lowest BCUT2D eigenvalue weighted by atomic mass is 9.85. The number of carboxylic acid groups (broad SMARTS) is 1. The normalized spacial score (nSPS) is 14.0. The van der Waals surface area contributed by atoms with Gasteiger partial charge in [0.05, 0.1) is 5.92 Å². The molecule has 92 valence electrons. The van der Waals surface area contributed by atoms with E-state index in [1.807, 2.05) is 19.1 Å². The van der Waals surface area contributed by atoms with E-state index in [9.17, 15) is 9.90 Å². The Bertz CT molecular complexity index is 384. The van der Waals surface area contributed by atoms with Crippen LogP contribution in [0.4, 0.5) is 0 Å². The zero-order valence-corrected chi connectivity index (χ0v) is 10.7. The monoisotopic (exact) mass is 252 g/mol. The molecule has 0 aliphatic rings. The van der Waals surface area contributed by atoms with Gasteiger partial charge in [-0.05, 0) is 36.5 Å². The van der Waals surface area contributed by atoms with E-state index in [1.165, 1.54) is 0 Å². The molecule has 0 amide bonds. The highest BCUT2D eigenvalue weighted by Crippen LogP contribution is 2.23. The third-order valence-corrected chi connectivity index (χ3v) is 3.23. The van der Waals surface area contributed by atoms with Gasteiger partial charge in [-0.15, -0.1) is 6.58 Å². The number of halogens is 1. The minimum atomic E-state index is -0.772. The van der Waals surface area contributed by atoms with Crippen molar-refractivity contribution in [2.24, 2.45) is 11.8 Å². The molecule has 0 fully saturated rings. The van der Waals surface area contributed by atoms with Gasteiger partial charge in [0.1, 0.15) is 0 Å². The van der Waals surface area contributed by atoms with Crippen molar-refractivity contribution in [3.8, 4) is 0 Å². The summed E-state index contributed by atoms with van der Waals surface area (Å²) in [6.07, 6.45) is 3.03. The van der Waals surface area contributed by atoms with E-state index in [0.29, 0.717) is 11.4 Å². The van der Waals surface area contributed by atoms with Gasteiger partial charge in [-0.25, -0.2) is 0 Å². The Morgan fingerprint density at radius 2 is 2.06 bits per heavy atom. The quantitative estimate of drug-likeness (QED) is 0.782. The SMILES string of the molecule is C=CC(CC)C(Cc1ccc(Cl)cc1)C(=O)O. The molecule has 1 aromatic carbocycles. The minimum absolute atomic E-state index is 0.00294. The second-order valence-corrected chi connectivity index (χ2v) is 4.52. The van der Waals surface area contributed by atoms with Gasteiger partial charge < -0.3 is 5.11 Å². The molecule has 0 spiro atoms. The van der Waals surface area contributed by atoms with Crippen molar-refractivity contribution in [2.75, 3.05) is 0 Å². The fraction of sp³-hybridized carbons (Fsp3) is 0.357. The molecular formula is C14H17ClO2. The van der Waals surface area contributed by atoms with Gasteiger partial charge >= 0.3 is 5.97 Å². The van der Waals surface area contributed by atoms with Crippen LogP contribution in [-0.2, 0) is 11.2 Å². The summed E-state index contributed by atoms with van der Waals surface area (Å²) in [5, 5.41) is 9.91. The van der Waals surface area contributed by atoms with Crippen LogP contribution in [0.25, 0.3) is 0 Å². The van der Waals surface area contributed by atoms with E-state index in [1.54, 1.807) is 18.2 Å². The lowest BCUT2D eigenvalue weighted by Gasteiger charge is -2.19. The van der Waals surface area contributed by atoms with Crippen molar-refractivity contribution in [3.05, 3.63) is 47.5 Å². The predicted molar refractivity (Wildman–Crippen MR) is 70.3 cm³/mol. The smallest absolute Gasteiger partial charge is 0.307 e. The number of allylic oxidation sites excluding steroid dienone is 1. The van der Waals surface area contributed by atoms with Crippen LogP contribution in [-0.4, -0.2) is 11.1 Å². The van der Waals surface area contributed by atoms with Crippen LogP contribution in [0.5, 0.6) is 0 Å². The molecule has 0 radical (unpaired) electrons. The molecule has 17 heavy (non-hydrogen) atoms. The van der Waals surface area contributed by atoms with Gasteiger partial charge in [0.15, 0.2) is 0 Å². The zero-order valence-electron chi connectivity index (χ0n) is 9.90. The summed E-state index contributed by atoms with van der Waals surface area (Å²) in [6, 6.07) is 7.30. The number of hydrogen-bond acceptors (Lipinski definition) is 1. The molecule has 0 saturated carbocycles. The molecule has 1 aromatic rings. The van der Waals surface area contributed by atoms with E-state index >= 15 is 0 Å². The van der Waals surface area contributed by atoms with Crippen molar-refractivity contribution in [3.63, 3.8) is 0 Å². The molecule has 0 heterocycles. The number of carbonyl (C=O) groups is 1. The Kier molecular flexibility index (Phi) is 5.23. The summed E-state index contributed by atoms with van der Waals surface area (Å²) < 4.78 is 0. The maximum absolute atomic E-state index is 11.3. The molecule has 0 bridgehead atoms. The van der Waals surface area contributed by atoms with Crippen LogP contribution >= 0.6 is 11.6 Å². The highest BCUT2D eigenvalue weighted by atomic mass is 35.5. The lowest BCUT2D eigenvalue weighted by molar-refractivity contribution is -0.143. The van der Waals surface area contributed by atoms with Crippen molar-refractivity contribution < 1.29 is 9.90 Å². The number of rotatable bonds is 6. The lowest BCUT2D eigenvalue weighted by Crippen LogP contribution is -2.24. The molecule has 2 atom stereocenters. The van der Waals surface area contributed by atoms with Gasteiger partial charge in [0.25, 0.3) is 0 Å². The fourth-order valence-corrected chi connectivity index (χ4v) is 2.04. The first-order valence-electron chi connectivity index (χ1n) is 5.68. The first kappa shape index (κ1) is 13.8. The van der Waals surface area contributed by atoms with Crippen molar-refractivity contribution >= 4 is 17.6 Å². The van der Waals surface area contributed by atoms with Crippen LogP contribution in [0, 0.1) is 11.8 Å². The van der Waals surface area contributed by atoms with Crippen LogP contribution in [0.3, 0.4) is 0 Å². The molecule has 0 saturated heterocycles. The van der Waals surface area contributed by atoms with Crippen LogP contribution in [0.2, 0.25) is 5.02 Å². The van der Waals surface area contributed by atoms with Crippen LogP contribution in [0.1, 0.15) is 18.9 Å². The van der Waals surface area contributed by atoms with Crippen LogP contribution < -0.4 is 0 Å². The summed E-state index contributed by atoms with van der Waals surface area (Å²) in [5.74, 6) is -1.19. The summed E-state index contributed by atoms with van der Waals surface area (Å²) in [6.45, 7) is 5.68. The van der Waals surface area contributed by atoms with Crippen LogP contribution in [0.15, 0.2) is 36.9 Å². The molecular weight excluding hydrogens is 236 g/mol. The number of carboxylic acids is 1. The molecule has 0 aromatic heterocycles. The first-order valence-corrected chi connectivity index (χ1v) is 6.06. The Balaban J connectivity index is 2.83. The van der Waals surface area contributed by atoms with E-state index in [-0.39, 0.29) is 5.92 Å². The standard InChI is InChI=1S/C14H17ClO2/c1-3-11(4-2)13(14(16)17)9-10-5-7-12(15)8-6-10/h3,5-8,11,13H,1,4,9H2,2H3,(H,16,17). The second-order valence-electron chi connectivity index (χ2n) is 4.08. The maximum Gasteiger partial charge on any atom is 0.307 e. The number of benzene rings is 1. The summed E-state index contributed by atoms with van der Waals surface area (Å²) in [5.41, 5.74) is 0.988. The highest BCUT2D eigenvalue weighted by molar-refractivity contribution is 6.30. The largest absolute Gasteiger partial charge is 0.481 e. The van der Waals surface area contributed by atoms with E-state index in [0.717, 1.165) is 12.0 Å². The van der Waals surface area contributed by atoms with Gasteiger partial charge in [-0.1, -0.05) is 36.7 Å². The van der Waals surface area contributed by atoms with Crippen molar-refractivity contribution in [1.82, 2.24) is 0 Å². The minimum Gasteiger partial charge on any atom is -0.481 e.